The fourth-order valence-corrected chi connectivity index (χ4v) is 4.56. The summed E-state index contributed by atoms with van der Waals surface area (Å²) in [5, 5.41) is 12.1. The molecule has 1 aliphatic heterocycles. The lowest BCUT2D eigenvalue weighted by Crippen LogP contribution is -2.49. The van der Waals surface area contributed by atoms with Crippen LogP contribution in [0.1, 0.15) is 22.6 Å². The van der Waals surface area contributed by atoms with Crippen molar-refractivity contribution in [1.29, 1.82) is 5.26 Å². The summed E-state index contributed by atoms with van der Waals surface area (Å²) < 4.78 is 2.11. The molecule has 4 rings (SSSR count). The van der Waals surface area contributed by atoms with Crippen LogP contribution in [0.15, 0.2) is 35.8 Å². The number of pyridine rings is 1. The zero-order valence-corrected chi connectivity index (χ0v) is 17.3. The van der Waals surface area contributed by atoms with E-state index in [2.05, 4.69) is 51.5 Å². The van der Waals surface area contributed by atoms with Gasteiger partial charge in [0.05, 0.1) is 17.7 Å². The monoisotopic (exact) mass is 406 g/mol. The van der Waals surface area contributed by atoms with Gasteiger partial charge in [-0.1, -0.05) is 0 Å². The molecule has 0 aromatic carbocycles. The number of hydrogen-bond donors (Lipinski definition) is 0. The summed E-state index contributed by atoms with van der Waals surface area (Å²) in [7, 11) is 0. The van der Waals surface area contributed by atoms with Crippen molar-refractivity contribution in [2.75, 3.05) is 31.1 Å². The Hall–Kier alpha value is -3.18. The van der Waals surface area contributed by atoms with Crippen molar-refractivity contribution in [1.82, 2.24) is 19.4 Å². The minimum atomic E-state index is 0.0870. The van der Waals surface area contributed by atoms with Crippen LogP contribution < -0.4 is 4.90 Å². The smallest absolute Gasteiger partial charge is 0.228 e. The molecule has 0 radical (unpaired) electrons. The summed E-state index contributed by atoms with van der Waals surface area (Å²) >= 11 is 1.56. The molecule has 0 atom stereocenters. The predicted octanol–water partition coefficient (Wildman–Crippen LogP) is 2.71. The molecule has 1 aliphatic rings. The molecule has 3 aromatic heterocycles. The number of carbonyl (C=O) groups is 1. The lowest BCUT2D eigenvalue weighted by Gasteiger charge is -2.35. The second-order valence-corrected chi connectivity index (χ2v) is 7.94. The van der Waals surface area contributed by atoms with Gasteiger partial charge < -0.3 is 9.80 Å². The summed E-state index contributed by atoms with van der Waals surface area (Å²) in [6.07, 6.45) is 2.00. The number of carbonyl (C=O) groups excluding carboxylic acids is 1. The fourth-order valence-electron chi connectivity index (χ4n) is 3.62. The highest BCUT2D eigenvalue weighted by Gasteiger charge is 2.24. The lowest BCUT2D eigenvalue weighted by atomic mass is 10.2. The number of rotatable bonds is 4. The molecule has 29 heavy (non-hydrogen) atoms. The average molecular weight is 407 g/mol. The standard InChI is InChI=1S/C21H22N6OS/c1-15-5-6-16(2)27(15)21-24-18(14-29-21)12-19(28)25-8-10-26(11-9-25)20-17(13-22)4-3-7-23-20/h3-7,14H,8-12H2,1-2H3. The molecule has 148 valence electrons. The van der Waals surface area contributed by atoms with Crippen molar-refractivity contribution in [3.63, 3.8) is 0 Å². The van der Waals surface area contributed by atoms with Gasteiger partial charge in [-0.3, -0.25) is 9.36 Å². The molecule has 0 unspecified atom stereocenters. The first-order chi connectivity index (χ1) is 14.1. The van der Waals surface area contributed by atoms with Gasteiger partial charge in [-0.15, -0.1) is 11.3 Å². The van der Waals surface area contributed by atoms with Crippen LogP contribution in [0.4, 0.5) is 5.82 Å². The fraction of sp³-hybridized carbons (Fsp3) is 0.333. The third-order valence-electron chi connectivity index (χ3n) is 5.17. The third-order valence-corrected chi connectivity index (χ3v) is 6.05. The molecule has 0 aliphatic carbocycles. The van der Waals surface area contributed by atoms with E-state index in [1.54, 1.807) is 29.7 Å². The second-order valence-electron chi connectivity index (χ2n) is 7.10. The van der Waals surface area contributed by atoms with Gasteiger partial charge in [0.25, 0.3) is 0 Å². The van der Waals surface area contributed by atoms with Gasteiger partial charge in [0.2, 0.25) is 5.91 Å². The maximum atomic E-state index is 12.8. The third kappa shape index (κ3) is 3.87. The van der Waals surface area contributed by atoms with E-state index in [1.165, 1.54) is 0 Å². The Morgan fingerprint density at radius 2 is 1.90 bits per heavy atom. The summed E-state index contributed by atoms with van der Waals surface area (Å²) in [4.78, 5) is 25.7. The first kappa shape index (κ1) is 19.2. The maximum absolute atomic E-state index is 12.8. The van der Waals surface area contributed by atoms with Crippen LogP contribution in [0.3, 0.4) is 0 Å². The Morgan fingerprint density at radius 1 is 1.17 bits per heavy atom. The van der Waals surface area contributed by atoms with Gasteiger partial charge in [-0.05, 0) is 38.1 Å². The molecule has 1 fully saturated rings. The molecule has 0 bridgehead atoms. The molecule has 0 spiro atoms. The number of hydrogen-bond acceptors (Lipinski definition) is 6. The van der Waals surface area contributed by atoms with Crippen molar-refractivity contribution in [2.45, 2.75) is 20.3 Å². The van der Waals surface area contributed by atoms with Gasteiger partial charge in [0.15, 0.2) is 5.13 Å². The number of anilines is 1. The van der Waals surface area contributed by atoms with Crippen LogP contribution in [-0.4, -0.2) is 51.5 Å². The molecule has 1 amide bonds. The van der Waals surface area contributed by atoms with E-state index in [0.717, 1.165) is 22.2 Å². The number of thiazole rings is 1. The van der Waals surface area contributed by atoms with Crippen molar-refractivity contribution in [2.24, 2.45) is 0 Å². The highest BCUT2D eigenvalue weighted by Crippen LogP contribution is 2.22. The molecule has 4 heterocycles. The molecule has 8 heteroatoms. The zero-order chi connectivity index (χ0) is 20.4. The number of nitriles is 1. The van der Waals surface area contributed by atoms with Crippen LogP contribution >= 0.6 is 11.3 Å². The number of amides is 1. The Bertz CT molecular complexity index is 1050. The van der Waals surface area contributed by atoms with Crippen molar-refractivity contribution >= 4 is 23.1 Å². The van der Waals surface area contributed by atoms with E-state index < -0.39 is 0 Å². The van der Waals surface area contributed by atoms with Gasteiger partial charge in [-0.25, -0.2) is 9.97 Å². The van der Waals surface area contributed by atoms with Crippen molar-refractivity contribution in [3.05, 3.63) is 58.5 Å². The number of piperazine rings is 1. The van der Waals surface area contributed by atoms with Crippen LogP contribution in [0, 0.1) is 25.2 Å². The zero-order valence-electron chi connectivity index (χ0n) is 16.5. The number of nitrogens with zero attached hydrogens (tertiary/aromatic N) is 6. The van der Waals surface area contributed by atoms with Gasteiger partial charge in [0.1, 0.15) is 11.9 Å². The van der Waals surface area contributed by atoms with Crippen LogP contribution in [-0.2, 0) is 11.2 Å². The molecule has 0 saturated carbocycles. The first-order valence-electron chi connectivity index (χ1n) is 9.54. The second kappa shape index (κ2) is 8.05. The quantitative estimate of drug-likeness (QED) is 0.666. The van der Waals surface area contributed by atoms with Gasteiger partial charge in [-0.2, -0.15) is 5.26 Å². The van der Waals surface area contributed by atoms with E-state index in [1.807, 2.05) is 10.3 Å². The van der Waals surface area contributed by atoms with E-state index in [9.17, 15) is 10.1 Å². The Morgan fingerprint density at radius 3 is 2.59 bits per heavy atom. The lowest BCUT2D eigenvalue weighted by molar-refractivity contribution is -0.130. The Kier molecular flexibility index (Phi) is 5.32. The molecule has 3 aromatic rings. The van der Waals surface area contributed by atoms with Gasteiger partial charge >= 0.3 is 0 Å². The van der Waals surface area contributed by atoms with Crippen molar-refractivity contribution in [3.8, 4) is 11.2 Å². The van der Waals surface area contributed by atoms with E-state index in [4.69, 9.17) is 0 Å². The minimum absolute atomic E-state index is 0.0870. The predicted molar refractivity (Wildman–Crippen MR) is 112 cm³/mol. The van der Waals surface area contributed by atoms with Crippen LogP contribution in [0.5, 0.6) is 0 Å². The topological polar surface area (TPSA) is 78.1 Å². The normalized spacial score (nSPS) is 14.1. The van der Waals surface area contributed by atoms with Crippen molar-refractivity contribution < 1.29 is 4.79 Å². The summed E-state index contributed by atoms with van der Waals surface area (Å²) in [6, 6.07) is 9.86. The minimum Gasteiger partial charge on any atom is -0.352 e. The van der Waals surface area contributed by atoms with Gasteiger partial charge in [0, 0.05) is 49.1 Å². The number of aryl methyl sites for hydroxylation is 2. The van der Waals surface area contributed by atoms with Crippen LogP contribution in [0.25, 0.3) is 5.13 Å². The SMILES string of the molecule is Cc1ccc(C)n1-c1nc(CC(=O)N2CCN(c3ncccc3C#N)CC2)cs1. The molecular weight excluding hydrogens is 384 g/mol. The summed E-state index contributed by atoms with van der Waals surface area (Å²) in [6.45, 7) is 6.68. The first-order valence-corrected chi connectivity index (χ1v) is 10.4. The summed E-state index contributed by atoms with van der Waals surface area (Å²) in [5.41, 5.74) is 3.65. The van der Waals surface area contributed by atoms with Crippen LogP contribution in [0.2, 0.25) is 0 Å². The molecule has 1 saturated heterocycles. The van der Waals surface area contributed by atoms with E-state index in [0.29, 0.717) is 44.0 Å². The largest absolute Gasteiger partial charge is 0.352 e. The highest BCUT2D eigenvalue weighted by atomic mass is 32.1. The molecular formula is C21H22N6OS. The molecule has 7 nitrogen and oxygen atoms in total. The highest BCUT2D eigenvalue weighted by molar-refractivity contribution is 7.12. The summed E-state index contributed by atoms with van der Waals surface area (Å²) in [5.74, 6) is 0.785. The Labute approximate surface area is 173 Å². The maximum Gasteiger partial charge on any atom is 0.228 e. The average Bonchev–Trinajstić information content (AvgIpc) is 3.33. The van der Waals surface area contributed by atoms with E-state index in [-0.39, 0.29) is 5.91 Å². The Balaban J connectivity index is 1.38. The molecule has 0 N–H and O–H groups in total. The van der Waals surface area contributed by atoms with E-state index >= 15 is 0 Å². The number of aromatic nitrogens is 3.